The van der Waals surface area contributed by atoms with Gasteiger partial charge in [-0.15, -0.1) is 12.3 Å². The Morgan fingerprint density at radius 2 is 2.00 bits per heavy atom. The Morgan fingerprint density at radius 1 is 1.31 bits per heavy atom. The van der Waals surface area contributed by atoms with Crippen LogP contribution >= 0.6 is 0 Å². The summed E-state index contributed by atoms with van der Waals surface area (Å²) in [6.45, 7) is 0.661. The lowest BCUT2D eigenvalue weighted by Crippen LogP contribution is -1.96. The minimum absolute atomic E-state index is 0.661. The van der Waals surface area contributed by atoms with Gasteiger partial charge in [0.05, 0.1) is 6.61 Å². The second kappa shape index (κ2) is 5.10. The highest BCUT2D eigenvalue weighted by atomic mass is 16.5. The van der Waals surface area contributed by atoms with Crippen molar-refractivity contribution in [3.8, 4) is 18.1 Å². The highest BCUT2D eigenvalue weighted by Gasteiger charge is 1.91. The zero-order valence-corrected chi connectivity index (χ0v) is 7.49. The summed E-state index contributed by atoms with van der Waals surface area (Å²) >= 11 is 0. The number of hydrogen-bond acceptors (Lipinski definition) is 2. The van der Waals surface area contributed by atoms with E-state index in [0.717, 1.165) is 24.3 Å². The molecule has 68 valence electrons. The monoisotopic (exact) mass is 175 g/mol. The van der Waals surface area contributed by atoms with E-state index < -0.39 is 0 Å². The number of nitrogens with two attached hydrogens (primary N) is 1. The number of nitrogen functional groups attached to an aromatic ring is 1. The third-order valence-electron chi connectivity index (χ3n) is 1.61. The van der Waals surface area contributed by atoms with Gasteiger partial charge in [0.25, 0.3) is 0 Å². The van der Waals surface area contributed by atoms with Gasteiger partial charge in [0.1, 0.15) is 5.75 Å². The maximum atomic E-state index is 5.52. The lowest BCUT2D eigenvalue weighted by Gasteiger charge is -2.04. The molecule has 0 unspecified atom stereocenters. The molecule has 13 heavy (non-hydrogen) atoms. The van der Waals surface area contributed by atoms with E-state index in [0.29, 0.717) is 6.61 Å². The van der Waals surface area contributed by atoms with Gasteiger partial charge in [-0.25, -0.2) is 0 Å². The van der Waals surface area contributed by atoms with Crippen LogP contribution in [0.15, 0.2) is 24.3 Å². The average Bonchev–Trinajstić information content (AvgIpc) is 2.15. The number of unbranched alkanes of at least 4 members (excludes halogenated alkanes) is 1. The van der Waals surface area contributed by atoms with Crippen molar-refractivity contribution in [2.45, 2.75) is 12.8 Å². The Bertz CT molecular complexity index is 284. The van der Waals surface area contributed by atoms with Crippen LogP contribution in [0.3, 0.4) is 0 Å². The van der Waals surface area contributed by atoms with Gasteiger partial charge in [0.2, 0.25) is 0 Å². The minimum Gasteiger partial charge on any atom is -0.494 e. The standard InChI is InChI=1S/C11H13NO/c1-2-3-4-9-13-11-7-5-10(12)6-8-11/h1,5-8H,3-4,9,12H2. The third kappa shape index (κ3) is 3.53. The summed E-state index contributed by atoms with van der Waals surface area (Å²) < 4.78 is 5.41. The number of rotatable bonds is 4. The zero-order chi connectivity index (χ0) is 9.52. The van der Waals surface area contributed by atoms with Crippen LogP contribution in [0.2, 0.25) is 0 Å². The van der Waals surface area contributed by atoms with Crippen molar-refractivity contribution in [1.29, 1.82) is 0 Å². The molecule has 0 aliphatic carbocycles. The van der Waals surface area contributed by atoms with E-state index in [1.165, 1.54) is 0 Å². The Balaban J connectivity index is 2.30. The molecule has 0 amide bonds. The highest BCUT2D eigenvalue weighted by Crippen LogP contribution is 2.13. The third-order valence-corrected chi connectivity index (χ3v) is 1.61. The van der Waals surface area contributed by atoms with Crippen molar-refractivity contribution in [3.63, 3.8) is 0 Å². The molecule has 0 saturated carbocycles. The quantitative estimate of drug-likeness (QED) is 0.432. The molecule has 0 fully saturated rings. The predicted molar refractivity (Wildman–Crippen MR) is 54.4 cm³/mol. The molecule has 0 aliphatic rings. The molecule has 2 nitrogen and oxygen atoms in total. The molecule has 0 heterocycles. The van der Waals surface area contributed by atoms with E-state index in [-0.39, 0.29) is 0 Å². The largest absolute Gasteiger partial charge is 0.494 e. The van der Waals surface area contributed by atoms with E-state index in [9.17, 15) is 0 Å². The minimum atomic E-state index is 0.661. The second-order valence-electron chi connectivity index (χ2n) is 2.73. The Morgan fingerprint density at radius 3 is 2.62 bits per heavy atom. The van der Waals surface area contributed by atoms with E-state index >= 15 is 0 Å². The molecule has 0 spiro atoms. The van der Waals surface area contributed by atoms with Gasteiger partial charge in [0.15, 0.2) is 0 Å². The molecular formula is C11H13NO. The molecule has 2 N–H and O–H groups in total. The lowest BCUT2D eigenvalue weighted by atomic mass is 10.3. The summed E-state index contributed by atoms with van der Waals surface area (Å²) in [5.41, 5.74) is 6.27. The van der Waals surface area contributed by atoms with Crippen LogP contribution in [0.25, 0.3) is 0 Å². The van der Waals surface area contributed by atoms with E-state index in [2.05, 4.69) is 5.92 Å². The molecule has 2 heteroatoms. The maximum absolute atomic E-state index is 5.52. The predicted octanol–water partition coefficient (Wildman–Crippen LogP) is 2.06. The first-order valence-electron chi connectivity index (χ1n) is 4.25. The fourth-order valence-corrected chi connectivity index (χ4v) is 0.928. The average molecular weight is 175 g/mol. The summed E-state index contributed by atoms with van der Waals surface area (Å²) in [5.74, 6) is 3.40. The van der Waals surface area contributed by atoms with Crippen LogP contribution in [0.1, 0.15) is 12.8 Å². The van der Waals surface area contributed by atoms with Gasteiger partial charge in [-0.05, 0) is 30.7 Å². The molecule has 1 rings (SSSR count). The van der Waals surface area contributed by atoms with Gasteiger partial charge in [-0.2, -0.15) is 0 Å². The topological polar surface area (TPSA) is 35.2 Å². The summed E-state index contributed by atoms with van der Waals surface area (Å²) in [4.78, 5) is 0. The molecule has 1 aromatic rings. The number of hydrogen-bond donors (Lipinski definition) is 1. The fourth-order valence-electron chi connectivity index (χ4n) is 0.928. The zero-order valence-electron chi connectivity index (χ0n) is 7.49. The number of anilines is 1. The first-order valence-corrected chi connectivity index (χ1v) is 4.25. The van der Waals surface area contributed by atoms with E-state index in [4.69, 9.17) is 16.9 Å². The van der Waals surface area contributed by atoms with Crippen molar-refractivity contribution < 1.29 is 4.74 Å². The van der Waals surface area contributed by atoms with Gasteiger partial charge in [0, 0.05) is 12.1 Å². The van der Waals surface area contributed by atoms with Crippen LogP contribution in [0, 0.1) is 12.3 Å². The number of ether oxygens (including phenoxy) is 1. The van der Waals surface area contributed by atoms with Gasteiger partial charge >= 0.3 is 0 Å². The normalized spacial score (nSPS) is 9.15. The summed E-state index contributed by atoms with van der Waals surface area (Å²) in [6, 6.07) is 7.34. The van der Waals surface area contributed by atoms with E-state index in [1.54, 1.807) is 0 Å². The number of benzene rings is 1. The summed E-state index contributed by atoms with van der Waals surface area (Å²) in [7, 11) is 0. The maximum Gasteiger partial charge on any atom is 0.119 e. The molecule has 0 atom stereocenters. The van der Waals surface area contributed by atoms with Gasteiger partial charge in [-0.3, -0.25) is 0 Å². The van der Waals surface area contributed by atoms with Crippen molar-refractivity contribution in [2.24, 2.45) is 0 Å². The highest BCUT2D eigenvalue weighted by molar-refractivity contribution is 5.41. The molecule has 0 bridgehead atoms. The molecule has 1 aromatic carbocycles. The van der Waals surface area contributed by atoms with Crippen molar-refractivity contribution in [2.75, 3.05) is 12.3 Å². The van der Waals surface area contributed by atoms with Crippen LogP contribution in [-0.2, 0) is 0 Å². The first-order chi connectivity index (χ1) is 6.33. The van der Waals surface area contributed by atoms with Crippen molar-refractivity contribution in [1.82, 2.24) is 0 Å². The second-order valence-corrected chi connectivity index (χ2v) is 2.73. The van der Waals surface area contributed by atoms with Crippen LogP contribution in [0.4, 0.5) is 5.69 Å². The van der Waals surface area contributed by atoms with Crippen molar-refractivity contribution in [3.05, 3.63) is 24.3 Å². The molecule has 0 aliphatic heterocycles. The van der Waals surface area contributed by atoms with Crippen LogP contribution in [0.5, 0.6) is 5.75 Å². The van der Waals surface area contributed by atoms with Crippen LogP contribution < -0.4 is 10.5 Å². The molecular weight excluding hydrogens is 162 g/mol. The number of terminal acetylenes is 1. The lowest BCUT2D eigenvalue weighted by molar-refractivity contribution is 0.313. The van der Waals surface area contributed by atoms with Gasteiger partial charge < -0.3 is 10.5 Å². The van der Waals surface area contributed by atoms with Gasteiger partial charge in [-0.1, -0.05) is 0 Å². The summed E-state index contributed by atoms with van der Waals surface area (Å²) in [5, 5.41) is 0. The molecule has 0 aromatic heterocycles. The van der Waals surface area contributed by atoms with Crippen molar-refractivity contribution >= 4 is 5.69 Å². The summed E-state index contributed by atoms with van der Waals surface area (Å²) in [6.07, 6.45) is 6.75. The molecule has 0 saturated heterocycles. The Labute approximate surface area is 78.7 Å². The van der Waals surface area contributed by atoms with E-state index in [1.807, 2.05) is 24.3 Å². The SMILES string of the molecule is C#CCCCOc1ccc(N)cc1. The smallest absolute Gasteiger partial charge is 0.119 e. The van der Waals surface area contributed by atoms with Crippen LogP contribution in [-0.4, -0.2) is 6.61 Å². The Kier molecular flexibility index (Phi) is 3.72. The first kappa shape index (κ1) is 9.47. The molecule has 0 radical (unpaired) electrons. The Hall–Kier alpha value is -1.62. The fraction of sp³-hybridized carbons (Fsp3) is 0.273.